The van der Waals surface area contributed by atoms with E-state index in [2.05, 4.69) is 200 Å². The summed E-state index contributed by atoms with van der Waals surface area (Å²) in [6.45, 7) is 0. The summed E-state index contributed by atoms with van der Waals surface area (Å²) in [5.41, 5.74) is 12.6. The van der Waals surface area contributed by atoms with Gasteiger partial charge in [0.2, 0.25) is 0 Å². The van der Waals surface area contributed by atoms with Gasteiger partial charge in [0.1, 0.15) is 11.2 Å². The van der Waals surface area contributed by atoms with Crippen molar-refractivity contribution in [3.05, 3.63) is 200 Å². The Morgan fingerprint density at radius 3 is 1.44 bits per heavy atom. The summed E-state index contributed by atoms with van der Waals surface area (Å²) in [6, 6.07) is 71.4. The summed E-state index contributed by atoms with van der Waals surface area (Å²) < 4.78 is 6.65. The van der Waals surface area contributed by atoms with Gasteiger partial charge in [-0.25, -0.2) is 4.98 Å². The molecule has 0 unspecified atom stereocenters. The number of hydrogen-bond donors (Lipinski definition) is 0. The van der Waals surface area contributed by atoms with Gasteiger partial charge in [0.15, 0.2) is 0 Å². The van der Waals surface area contributed by atoms with Crippen LogP contribution in [0.15, 0.2) is 205 Å². The second-order valence-corrected chi connectivity index (χ2v) is 14.3. The molecule has 0 N–H and O–H groups in total. The van der Waals surface area contributed by atoms with E-state index < -0.39 is 0 Å². The van der Waals surface area contributed by atoms with Crippen molar-refractivity contribution in [1.29, 1.82) is 0 Å². The zero-order valence-electron chi connectivity index (χ0n) is 29.9. The number of fused-ring (bicyclic) bond motifs is 9. The van der Waals surface area contributed by atoms with Crippen molar-refractivity contribution >= 4 is 54.3 Å². The van der Waals surface area contributed by atoms with Gasteiger partial charge in [-0.2, -0.15) is 0 Å². The lowest BCUT2D eigenvalue weighted by molar-refractivity contribution is 0.669. The summed E-state index contributed by atoms with van der Waals surface area (Å²) in [4.78, 5) is 5.34. The van der Waals surface area contributed by atoms with E-state index in [9.17, 15) is 0 Å². The normalized spacial score (nSPS) is 11.6. The Morgan fingerprint density at radius 2 is 0.764 bits per heavy atom. The van der Waals surface area contributed by atoms with E-state index in [1.807, 2.05) is 0 Å². The summed E-state index contributed by atoms with van der Waals surface area (Å²) in [5.74, 6) is 0. The fraction of sp³-hybridized carbons (Fsp3) is 0. The molecule has 0 aliphatic rings. The molecule has 0 aliphatic heterocycles. The largest absolute Gasteiger partial charge is 0.456 e. The maximum absolute atomic E-state index is 6.65. The van der Waals surface area contributed by atoms with Gasteiger partial charge in [-0.15, -0.1) is 0 Å². The third-order valence-electron chi connectivity index (χ3n) is 11.1. The average Bonchev–Trinajstić information content (AvgIpc) is 3.65. The van der Waals surface area contributed by atoms with Gasteiger partial charge in [-0.05, 0) is 102 Å². The molecule has 0 radical (unpaired) electrons. The molecular weight excluding hydrogens is 667 g/mol. The first-order chi connectivity index (χ1) is 27.2. The molecule has 0 fully saturated rings. The predicted octanol–water partition coefficient (Wildman–Crippen LogP) is 14.8. The quantitative estimate of drug-likeness (QED) is 0.167. The van der Waals surface area contributed by atoms with E-state index >= 15 is 0 Å². The standard InChI is InChI=1S/C53H33NO/c1-3-12-34(13-4-1)36-22-24-37(25-23-36)49-31-40(35-14-5-2-6-15-35)32-50(54-49)46-20-11-21-51-53(46)47-29-27-39(33-52(47)55-51)38-26-28-45-43-18-8-7-16-41(43)42-17-9-10-19-44(42)48(45)30-38/h1-33H. The van der Waals surface area contributed by atoms with Gasteiger partial charge in [-0.3, -0.25) is 0 Å². The Morgan fingerprint density at radius 1 is 0.273 bits per heavy atom. The molecule has 2 heterocycles. The second-order valence-electron chi connectivity index (χ2n) is 14.3. The van der Waals surface area contributed by atoms with Crippen LogP contribution < -0.4 is 0 Å². The monoisotopic (exact) mass is 699 g/mol. The van der Waals surface area contributed by atoms with Gasteiger partial charge in [0.05, 0.1) is 11.4 Å². The van der Waals surface area contributed by atoms with E-state index in [4.69, 9.17) is 9.40 Å². The molecular formula is C53H33NO. The molecule has 0 saturated heterocycles. The first-order valence-corrected chi connectivity index (χ1v) is 18.8. The highest BCUT2D eigenvalue weighted by molar-refractivity contribution is 6.25. The molecule has 11 rings (SSSR count). The molecule has 0 bridgehead atoms. The van der Waals surface area contributed by atoms with Crippen LogP contribution in [-0.4, -0.2) is 4.98 Å². The summed E-state index contributed by atoms with van der Waals surface area (Å²) in [6.07, 6.45) is 0. The number of benzene rings is 9. The number of aromatic nitrogens is 1. The Kier molecular flexibility index (Phi) is 7.21. The maximum atomic E-state index is 6.65. The summed E-state index contributed by atoms with van der Waals surface area (Å²) in [5, 5.41) is 9.79. The van der Waals surface area contributed by atoms with Crippen molar-refractivity contribution in [2.45, 2.75) is 0 Å². The number of furan rings is 1. The molecule has 55 heavy (non-hydrogen) atoms. The molecule has 256 valence electrons. The van der Waals surface area contributed by atoms with Gasteiger partial charge in [-0.1, -0.05) is 164 Å². The van der Waals surface area contributed by atoms with Crippen LogP contribution >= 0.6 is 0 Å². The molecule has 11 aromatic rings. The van der Waals surface area contributed by atoms with Crippen LogP contribution in [0.1, 0.15) is 0 Å². The van der Waals surface area contributed by atoms with Crippen LogP contribution in [0.25, 0.3) is 110 Å². The van der Waals surface area contributed by atoms with Crippen molar-refractivity contribution in [2.75, 3.05) is 0 Å². The molecule has 0 atom stereocenters. The van der Waals surface area contributed by atoms with Crippen molar-refractivity contribution in [3.63, 3.8) is 0 Å². The van der Waals surface area contributed by atoms with E-state index in [0.29, 0.717) is 0 Å². The van der Waals surface area contributed by atoms with E-state index in [-0.39, 0.29) is 0 Å². The summed E-state index contributed by atoms with van der Waals surface area (Å²) in [7, 11) is 0. The van der Waals surface area contributed by atoms with Crippen LogP contribution in [0.2, 0.25) is 0 Å². The smallest absolute Gasteiger partial charge is 0.136 e. The second kappa shape index (κ2) is 12.7. The lowest BCUT2D eigenvalue weighted by Gasteiger charge is -2.12. The fourth-order valence-corrected chi connectivity index (χ4v) is 8.38. The van der Waals surface area contributed by atoms with Crippen LogP contribution in [0.5, 0.6) is 0 Å². The Balaban J connectivity index is 1.05. The third-order valence-corrected chi connectivity index (χ3v) is 11.1. The molecule has 9 aromatic carbocycles. The highest BCUT2D eigenvalue weighted by Gasteiger charge is 2.17. The molecule has 2 heteroatoms. The fourth-order valence-electron chi connectivity index (χ4n) is 8.38. The van der Waals surface area contributed by atoms with Crippen molar-refractivity contribution in [3.8, 4) is 55.9 Å². The Bertz CT molecular complexity index is 3200. The zero-order valence-corrected chi connectivity index (χ0v) is 29.9. The average molecular weight is 700 g/mol. The van der Waals surface area contributed by atoms with Gasteiger partial charge < -0.3 is 4.42 Å². The number of pyridine rings is 1. The lowest BCUT2D eigenvalue weighted by atomic mass is 9.92. The van der Waals surface area contributed by atoms with Crippen molar-refractivity contribution < 1.29 is 4.42 Å². The minimum atomic E-state index is 0.848. The first kappa shape index (κ1) is 31.3. The van der Waals surface area contributed by atoms with Crippen molar-refractivity contribution in [2.24, 2.45) is 0 Å². The van der Waals surface area contributed by atoms with Crippen LogP contribution in [0, 0.1) is 0 Å². The molecule has 0 spiro atoms. The Labute approximate surface area is 318 Å². The number of hydrogen-bond acceptors (Lipinski definition) is 2. The molecule has 2 aromatic heterocycles. The van der Waals surface area contributed by atoms with E-state index in [0.717, 1.165) is 66.7 Å². The zero-order chi connectivity index (χ0) is 36.3. The molecule has 2 nitrogen and oxygen atoms in total. The summed E-state index contributed by atoms with van der Waals surface area (Å²) >= 11 is 0. The van der Waals surface area contributed by atoms with Crippen LogP contribution in [0.4, 0.5) is 0 Å². The topological polar surface area (TPSA) is 26.0 Å². The van der Waals surface area contributed by atoms with Gasteiger partial charge in [0.25, 0.3) is 0 Å². The van der Waals surface area contributed by atoms with Gasteiger partial charge in [0, 0.05) is 21.9 Å². The number of nitrogens with zero attached hydrogens (tertiary/aromatic N) is 1. The predicted molar refractivity (Wildman–Crippen MR) is 231 cm³/mol. The minimum Gasteiger partial charge on any atom is -0.456 e. The number of rotatable bonds is 5. The third kappa shape index (κ3) is 5.30. The molecule has 0 aliphatic carbocycles. The molecule has 0 amide bonds. The van der Waals surface area contributed by atoms with E-state index in [1.165, 1.54) is 43.4 Å². The SMILES string of the molecule is c1ccc(-c2ccc(-c3cc(-c4ccccc4)cc(-c4cccc5oc6cc(-c7ccc8c9ccccc9c9ccccc9c8c7)ccc6c45)n3)cc2)cc1. The minimum absolute atomic E-state index is 0.848. The highest BCUT2D eigenvalue weighted by Crippen LogP contribution is 2.41. The first-order valence-electron chi connectivity index (χ1n) is 18.8. The Hall–Kier alpha value is -7.29. The molecule has 0 saturated carbocycles. The van der Waals surface area contributed by atoms with Crippen LogP contribution in [-0.2, 0) is 0 Å². The van der Waals surface area contributed by atoms with Crippen molar-refractivity contribution in [1.82, 2.24) is 4.98 Å². The van der Waals surface area contributed by atoms with Gasteiger partial charge >= 0.3 is 0 Å². The highest BCUT2D eigenvalue weighted by atomic mass is 16.3. The maximum Gasteiger partial charge on any atom is 0.136 e. The van der Waals surface area contributed by atoms with E-state index in [1.54, 1.807) is 0 Å². The van der Waals surface area contributed by atoms with Crippen LogP contribution in [0.3, 0.4) is 0 Å². The lowest BCUT2D eigenvalue weighted by Crippen LogP contribution is -1.92.